The molecule has 6 heteroatoms. The quantitative estimate of drug-likeness (QED) is 0.523. The van der Waals surface area contributed by atoms with Crippen LogP contribution in [0.4, 0.5) is 5.88 Å². The molecule has 0 aliphatic heterocycles. The lowest BCUT2D eigenvalue weighted by molar-refractivity contribution is 0.0663. The molecule has 78 valence electrons. The third-order valence-electron chi connectivity index (χ3n) is 1.60. The van der Waals surface area contributed by atoms with E-state index in [0.717, 1.165) is 0 Å². The van der Waals surface area contributed by atoms with Crippen LogP contribution in [0.5, 0.6) is 0 Å². The zero-order valence-corrected chi connectivity index (χ0v) is 7.30. The van der Waals surface area contributed by atoms with Crippen molar-refractivity contribution in [2.24, 2.45) is 0 Å². The summed E-state index contributed by atoms with van der Waals surface area (Å²) >= 11 is 0. The van der Waals surface area contributed by atoms with E-state index in [2.05, 4.69) is 5.32 Å². The first kappa shape index (κ1) is 10.6. The summed E-state index contributed by atoms with van der Waals surface area (Å²) in [6.07, 6.45) is 0. The van der Waals surface area contributed by atoms with Crippen LogP contribution in [0, 0.1) is 0 Å². The van der Waals surface area contributed by atoms with Crippen molar-refractivity contribution in [2.75, 3.05) is 18.5 Å². The molecule has 0 aliphatic carbocycles. The Bertz CT molecular complexity index is 304. The molecule has 1 heterocycles. The van der Waals surface area contributed by atoms with E-state index in [1.165, 1.54) is 12.1 Å². The van der Waals surface area contributed by atoms with Crippen molar-refractivity contribution < 1.29 is 24.5 Å². The first-order valence-corrected chi connectivity index (χ1v) is 3.98. The maximum atomic E-state index is 10.4. The molecule has 1 rings (SSSR count). The van der Waals surface area contributed by atoms with Gasteiger partial charge < -0.3 is 25.1 Å². The Morgan fingerprint density at radius 2 is 2.07 bits per heavy atom. The minimum atomic E-state index is -1.16. The van der Waals surface area contributed by atoms with Gasteiger partial charge in [0.2, 0.25) is 5.76 Å². The van der Waals surface area contributed by atoms with Crippen molar-refractivity contribution in [3.63, 3.8) is 0 Å². The van der Waals surface area contributed by atoms with Crippen LogP contribution in [-0.2, 0) is 0 Å². The molecule has 0 saturated heterocycles. The molecule has 0 aromatic carbocycles. The second-order valence-corrected chi connectivity index (χ2v) is 2.68. The molecule has 0 aliphatic rings. The van der Waals surface area contributed by atoms with Crippen LogP contribution in [0.2, 0.25) is 0 Å². The first-order chi connectivity index (χ1) is 6.67. The van der Waals surface area contributed by atoms with E-state index in [9.17, 15) is 4.79 Å². The maximum absolute atomic E-state index is 10.4. The number of carboxylic acid groups (broad SMARTS) is 1. The van der Waals surface area contributed by atoms with Crippen LogP contribution in [0.1, 0.15) is 10.6 Å². The number of hydrogen-bond acceptors (Lipinski definition) is 5. The van der Waals surface area contributed by atoms with Gasteiger partial charge in [0.25, 0.3) is 0 Å². The zero-order chi connectivity index (χ0) is 10.6. The summed E-state index contributed by atoms with van der Waals surface area (Å²) in [4.78, 5) is 10.4. The summed E-state index contributed by atoms with van der Waals surface area (Å²) in [5.74, 6) is -1.15. The third-order valence-corrected chi connectivity index (χ3v) is 1.60. The number of furan rings is 1. The Labute approximate surface area is 79.8 Å². The van der Waals surface area contributed by atoms with Crippen LogP contribution in [-0.4, -0.2) is 40.5 Å². The molecular formula is C8H11NO5. The molecule has 1 aromatic heterocycles. The molecule has 6 nitrogen and oxygen atoms in total. The average Bonchev–Trinajstić information content (AvgIpc) is 2.62. The summed E-state index contributed by atoms with van der Waals surface area (Å²) in [6.45, 7) is -0.529. The second kappa shape index (κ2) is 4.64. The van der Waals surface area contributed by atoms with E-state index in [1.54, 1.807) is 0 Å². The largest absolute Gasteiger partial charge is 0.475 e. The maximum Gasteiger partial charge on any atom is 0.371 e. The summed E-state index contributed by atoms with van der Waals surface area (Å²) in [7, 11) is 0. The number of rotatable bonds is 5. The van der Waals surface area contributed by atoms with Crippen molar-refractivity contribution in [3.8, 4) is 0 Å². The van der Waals surface area contributed by atoms with Gasteiger partial charge in [-0.25, -0.2) is 4.79 Å². The van der Waals surface area contributed by atoms with E-state index in [0.29, 0.717) is 0 Å². The molecule has 1 aromatic rings. The minimum absolute atomic E-state index is 0.192. The number of aromatic carboxylic acids is 1. The predicted molar refractivity (Wildman–Crippen MR) is 47.2 cm³/mol. The highest BCUT2D eigenvalue weighted by Gasteiger charge is 2.11. The van der Waals surface area contributed by atoms with Crippen molar-refractivity contribution in [1.29, 1.82) is 0 Å². The Morgan fingerprint density at radius 1 is 1.43 bits per heavy atom. The standard InChI is InChI=1S/C8H11NO5/c10-3-5(4-11)9-7-2-1-6(14-7)8(12)13/h1-2,5,9-11H,3-4H2,(H,12,13). The molecule has 14 heavy (non-hydrogen) atoms. The number of aliphatic hydroxyl groups excluding tert-OH is 2. The lowest BCUT2D eigenvalue weighted by Gasteiger charge is -2.11. The summed E-state index contributed by atoms with van der Waals surface area (Å²) < 4.78 is 4.85. The molecular weight excluding hydrogens is 190 g/mol. The minimum Gasteiger partial charge on any atom is -0.475 e. The van der Waals surface area contributed by atoms with E-state index in [4.69, 9.17) is 19.7 Å². The van der Waals surface area contributed by atoms with Gasteiger partial charge in [0, 0.05) is 6.07 Å². The summed E-state index contributed by atoms with van der Waals surface area (Å²) in [6, 6.07) is 2.15. The number of carboxylic acids is 1. The third kappa shape index (κ3) is 2.48. The highest BCUT2D eigenvalue weighted by atomic mass is 16.4. The van der Waals surface area contributed by atoms with E-state index < -0.39 is 12.0 Å². The van der Waals surface area contributed by atoms with Crippen molar-refractivity contribution in [3.05, 3.63) is 17.9 Å². The highest BCUT2D eigenvalue weighted by Crippen LogP contribution is 2.13. The Hall–Kier alpha value is -1.53. The monoisotopic (exact) mass is 201 g/mol. The Morgan fingerprint density at radius 3 is 2.50 bits per heavy atom. The van der Waals surface area contributed by atoms with Crippen molar-refractivity contribution >= 4 is 11.9 Å². The number of nitrogens with one attached hydrogen (secondary N) is 1. The number of carbonyl (C=O) groups is 1. The predicted octanol–water partition coefficient (Wildman–Crippen LogP) is -0.257. The van der Waals surface area contributed by atoms with Gasteiger partial charge in [0.1, 0.15) is 0 Å². The summed E-state index contributed by atoms with van der Waals surface area (Å²) in [5.41, 5.74) is 0. The molecule has 0 unspecified atom stereocenters. The fourth-order valence-corrected chi connectivity index (χ4v) is 0.881. The normalized spacial score (nSPS) is 10.5. The van der Waals surface area contributed by atoms with Crippen LogP contribution in [0.25, 0.3) is 0 Å². The molecule has 0 atom stereocenters. The molecule has 0 bridgehead atoms. The van der Waals surface area contributed by atoms with Gasteiger partial charge in [-0.15, -0.1) is 0 Å². The molecule has 4 N–H and O–H groups in total. The van der Waals surface area contributed by atoms with E-state index in [-0.39, 0.29) is 24.9 Å². The zero-order valence-electron chi connectivity index (χ0n) is 7.30. The fourth-order valence-electron chi connectivity index (χ4n) is 0.881. The van der Waals surface area contributed by atoms with Gasteiger partial charge in [-0.05, 0) is 6.07 Å². The average molecular weight is 201 g/mol. The van der Waals surface area contributed by atoms with Gasteiger partial charge in [0.05, 0.1) is 19.3 Å². The number of aliphatic hydroxyl groups is 2. The summed E-state index contributed by atoms with van der Waals surface area (Å²) in [5, 5.41) is 28.6. The highest BCUT2D eigenvalue weighted by molar-refractivity contribution is 5.84. The van der Waals surface area contributed by atoms with Crippen molar-refractivity contribution in [1.82, 2.24) is 0 Å². The van der Waals surface area contributed by atoms with Crippen LogP contribution < -0.4 is 5.32 Å². The Balaban J connectivity index is 2.63. The van der Waals surface area contributed by atoms with Gasteiger partial charge in [0.15, 0.2) is 5.88 Å². The molecule has 0 saturated carbocycles. The molecule has 0 amide bonds. The lowest BCUT2D eigenvalue weighted by Crippen LogP contribution is -2.27. The molecule has 0 radical (unpaired) electrons. The van der Waals surface area contributed by atoms with Crippen LogP contribution >= 0.6 is 0 Å². The van der Waals surface area contributed by atoms with Crippen LogP contribution in [0.15, 0.2) is 16.5 Å². The van der Waals surface area contributed by atoms with Gasteiger partial charge in [-0.1, -0.05) is 0 Å². The van der Waals surface area contributed by atoms with E-state index in [1.807, 2.05) is 0 Å². The second-order valence-electron chi connectivity index (χ2n) is 2.68. The Kier molecular flexibility index (Phi) is 3.49. The smallest absolute Gasteiger partial charge is 0.371 e. The van der Waals surface area contributed by atoms with Gasteiger partial charge in [-0.2, -0.15) is 0 Å². The van der Waals surface area contributed by atoms with Gasteiger partial charge in [-0.3, -0.25) is 0 Å². The SMILES string of the molecule is O=C(O)c1ccc(NC(CO)CO)o1. The lowest BCUT2D eigenvalue weighted by atomic mass is 10.3. The molecule has 0 spiro atoms. The number of anilines is 1. The fraction of sp³-hybridized carbons (Fsp3) is 0.375. The molecule has 0 fully saturated rings. The topological polar surface area (TPSA) is 103 Å². The van der Waals surface area contributed by atoms with Gasteiger partial charge >= 0.3 is 5.97 Å². The van der Waals surface area contributed by atoms with Crippen LogP contribution in [0.3, 0.4) is 0 Å². The van der Waals surface area contributed by atoms with E-state index >= 15 is 0 Å². The van der Waals surface area contributed by atoms with Crippen molar-refractivity contribution in [2.45, 2.75) is 6.04 Å². The number of hydrogen-bond donors (Lipinski definition) is 4. The first-order valence-electron chi connectivity index (χ1n) is 3.98.